The molecule has 0 saturated carbocycles. The zero-order valence-corrected chi connectivity index (χ0v) is 14.0. The van der Waals surface area contributed by atoms with E-state index in [1.165, 1.54) is 16.7 Å². The van der Waals surface area contributed by atoms with E-state index in [0.29, 0.717) is 11.8 Å². The number of hydrogen-bond donors (Lipinski definition) is 2. The number of anilines is 3. The van der Waals surface area contributed by atoms with Gasteiger partial charge in [-0.15, -0.1) is 5.10 Å². The third-order valence-electron chi connectivity index (χ3n) is 3.88. The molecule has 122 valence electrons. The highest BCUT2D eigenvalue weighted by molar-refractivity contribution is 5.58. The molecule has 0 fully saturated rings. The Balaban J connectivity index is 1.60. The molecule has 0 bridgehead atoms. The van der Waals surface area contributed by atoms with Crippen LogP contribution in [0.5, 0.6) is 0 Å². The Hall–Kier alpha value is -2.95. The predicted octanol–water partition coefficient (Wildman–Crippen LogP) is 3.89. The Kier molecular flexibility index (Phi) is 5.01. The van der Waals surface area contributed by atoms with Crippen molar-refractivity contribution in [2.24, 2.45) is 0 Å². The highest BCUT2D eigenvalue weighted by Gasteiger charge is 2.02. The van der Waals surface area contributed by atoms with Crippen molar-refractivity contribution in [2.75, 3.05) is 17.2 Å². The quantitative estimate of drug-likeness (QED) is 0.722. The van der Waals surface area contributed by atoms with Gasteiger partial charge in [0.05, 0.1) is 6.20 Å². The molecule has 1 heterocycles. The number of hydrogen-bond acceptors (Lipinski definition) is 5. The van der Waals surface area contributed by atoms with Crippen molar-refractivity contribution in [3.8, 4) is 0 Å². The van der Waals surface area contributed by atoms with Crippen LogP contribution >= 0.6 is 0 Å². The van der Waals surface area contributed by atoms with Crippen LogP contribution in [0, 0.1) is 13.8 Å². The van der Waals surface area contributed by atoms with E-state index in [0.717, 1.165) is 18.7 Å². The van der Waals surface area contributed by atoms with Crippen molar-refractivity contribution in [1.82, 2.24) is 15.2 Å². The number of nitrogens with one attached hydrogen (secondary N) is 2. The molecule has 2 aromatic carbocycles. The first-order valence-electron chi connectivity index (χ1n) is 8.02. The first-order valence-corrected chi connectivity index (χ1v) is 8.02. The van der Waals surface area contributed by atoms with Gasteiger partial charge in [0.25, 0.3) is 0 Å². The summed E-state index contributed by atoms with van der Waals surface area (Å²) in [6.45, 7) is 4.95. The second-order valence-electron chi connectivity index (χ2n) is 5.75. The van der Waals surface area contributed by atoms with E-state index in [1.807, 2.05) is 24.3 Å². The van der Waals surface area contributed by atoms with Gasteiger partial charge in [0.1, 0.15) is 0 Å². The minimum Gasteiger partial charge on any atom is -0.353 e. The highest BCUT2D eigenvalue weighted by Crippen LogP contribution is 2.18. The smallest absolute Gasteiger partial charge is 0.244 e. The van der Waals surface area contributed by atoms with Crippen LogP contribution in [-0.2, 0) is 6.42 Å². The molecule has 5 heteroatoms. The first-order chi connectivity index (χ1) is 11.7. The summed E-state index contributed by atoms with van der Waals surface area (Å²) in [5, 5.41) is 14.5. The van der Waals surface area contributed by atoms with Crippen LogP contribution in [0.25, 0.3) is 0 Å². The average Bonchev–Trinajstić information content (AvgIpc) is 2.60. The summed E-state index contributed by atoms with van der Waals surface area (Å²) in [6.07, 6.45) is 2.54. The van der Waals surface area contributed by atoms with Gasteiger partial charge in [0, 0.05) is 12.2 Å². The molecule has 0 atom stereocenters. The Morgan fingerprint density at radius 1 is 0.958 bits per heavy atom. The molecular weight excluding hydrogens is 298 g/mol. The molecule has 0 aliphatic heterocycles. The number of aromatic nitrogens is 3. The fourth-order valence-corrected chi connectivity index (χ4v) is 2.37. The molecule has 3 rings (SSSR count). The number of rotatable bonds is 6. The SMILES string of the molecule is Cc1ccc(Nc2cnnc(NCCc3ccccc3)n2)cc1C. The van der Waals surface area contributed by atoms with E-state index in [9.17, 15) is 0 Å². The highest BCUT2D eigenvalue weighted by atomic mass is 15.3. The topological polar surface area (TPSA) is 62.7 Å². The summed E-state index contributed by atoms with van der Waals surface area (Å²) in [4.78, 5) is 4.46. The van der Waals surface area contributed by atoms with Crippen molar-refractivity contribution < 1.29 is 0 Å². The third-order valence-corrected chi connectivity index (χ3v) is 3.88. The molecule has 0 aliphatic rings. The van der Waals surface area contributed by atoms with E-state index in [4.69, 9.17) is 0 Å². The van der Waals surface area contributed by atoms with Crippen LogP contribution in [0.4, 0.5) is 17.5 Å². The zero-order chi connectivity index (χ0) is 16.8. The lowest BCUT2D eigenvalue weighted by molar-refractivity contribution is 0.929. The number of benzene rings is 2. The van der Waals surface area contributed by atoms with Gasteiger partial charge in [-0.2, -0.15) is 10.1 Å². The Morgan fingerprint density at radius 2 is 1.79 bits per heavy atom. The van der Waals surface area contributed by atoms with Crippen LogP contribution in [0.3, 0.4) is 0 Å². The van der Waals surface area contributed by atoms with Crippen molar-refractivity contribution in [2.45, 2.75) is 20.3 Å². The maximum absolute atomic E-state index is 4.46. The van der Waals surface area contributed by atoms with Crippen LogP contribution in [0.2, 0.25) is 0 Å². The lowest BCUT2D eigenvalue weighted by atomic mass is 10.1. The molecule has 5 nitrogen and oxygen atoms in total. The van der Waals surface area contributed by atoms with Gasteiger partial charge in [-0.1, -0.05) is 36.4 Å². The van der Waals surface area contributed by atoms with Crippen LogP contribution in [0.1, 0.15) is 16.7 Å². The molecular formula is C19H21N5. The summed E-state index contributed by atoms with van der Waals surface area (Å²) in [6, 6.07) is 16.5. The van der Waals surface area contributed by atoms with Gasteiger partial charge >= 0.3 is 0 Å². The molecule has 0 unspecified atom stereocenters. The molecule has 0 aliphatic carbocycles. The van der Waals surface area contributed by atoms with Crippen LogP contribution < -0.4 is 10.6 Å². The Morgan fingerprint density at radius 3 is 2.58 bits per heavy atom. The summed E-state index contributed by atoms with van der Waals surface area (Å²) in [5.41, 5.74) is 4.78. The molecule has 2 N–H and O–H groups in total. The summed E-state index contributed by atoms with van der Waals surface area (Å²) in [7, 11) is 0. The predicted molar refractivity (Wildman–Crippen MR) is 97.7 cm³/mol. The van der Waals surface area contributed by atoms with E-state index in [1.54, 1.807) is 6.20 Å². The van der Waals surface area contributed by atoms with Crippen molar-refractivity contribution in [3.63, 3.8) is 0 Å². The average molecular weight is 319 g/mol. The molecule has 0 spiro atoms. The van der Waals surface area contributed by atoms with Gasteiger partial charge in [-0.3, -0.25) is 0 Å². The summed E-state index contributed by atoms with van der Waals surface area (Å²) in [5.74, 6) is 1.20. The number of nitrogens with zero attached hydrogens (tertiary/aromatic N) is 3. The van der Waals surface area contributed by atoms with Gasteiger partial charge in [-0.05, 0) is 49.1 Å². The maximum Gasteiger partial charge on any atom is 0.244 e. The summed E-state index contributed by atoms with van der Waals surface area (Å²) < 4.78 is 0. The standard InChI is InChI=1S/C19H21N5/c1-14-8-9-17(12-15(14)2)22-18-13-21-24-19(23-18)20-11-10-16-6-4-3-5-7-16/h3-9,12-13H,10-11H2,1-2H3,(H2,20,22,23,24). The normalized spacial score (nSPS) is 10.4. The van der Waals surface area contributed by atoms with Crippen LogP contribution in [-0.4, -0.2) is 21.7 Å². The molecule has 3 aromatic rings. The van der Waals surface area contributed by atoms with E-state index >= 15 is 0 Å². The second kappa shape index (κ2) is 7.55. The fraction of sp³-hybridized carbons (Fsp3) is 0.211. The van der Waals surface area contributed by atoms with E-state index < -0.39 is 0 Å². The lowest BCUT2D eigenvalue weighted by Crippen LogP contribution is -2.09. The molecule has 24 heavy (non-hydrogen) atoms. The fourth-order valence-electron chi connectivity index (χ4n) is 2.37. The van der Waals surface area contributed by atoms with Crippen molar-refractivity contribution in [1.29, 1.82) is 0 Å². The van der Waals surface area contributed by atoms with Gasteiger partial charge < -0.3 is 10.6 Å². The van der Waals surface area contributed by atoms with Gasteiger partial charge in [-0.25, -0.2) is 0 Å². The Labute approximate surface area is 142 Å². The Bertz CT molecular complexity index is 802. The minimum absolute atomic E-state index is 0.528. The minimum atomic E-state index is 0.528. The van der Waals surface area contributed by atoms with Crippen molar-refractivity contribution >= 4 is 17.5 Å². The zero-order valence-electron chi connectivity index (χ0n) is 14.0. The largest absolute Gasteiger partial charge is 0.353 e. The molecule has 1 aromatic heterocycles. The summed E-state index contributed by atoms with van der Waals surface area (Å²) >= 11 is 0. The van der Waals surface area contributed by atoms with Crippen molar-refractivity contribution in [3.05, 3.63) is 71.4 Å². The van der Waals surface area contributed by atoms with Gasteiger partial charge in [0.2, 0.25) is 5.95 Å². The number of aryl methyl sites for hydroxylation is 2. The van der Waals surface area contributed by atoms with Crippen LogP contribution in [0.15, 0.2) is 54.7 Å². The van der Waals surface area contributed by atoms with E-state index in [2.05, 4.69) is 63.9 Å². The molecule has 0 radical (unpaired) electrons. The maximum atomic E-state index is 4.46. The monoisotopic (exact) mass is 319 g/mol. The first kappa shape index (κ1) is 15.9. The van der Waals surface area contributed by atoms with E-state index in [-0.39, 0.29) is 0 Å². The molecule has 0 saturated heterocycles. The lowest BCUT2D eigenvalue weighted by Gasteiger charge is -2.09. The third kappa shape index (κ3) is 4.29. The second-order valence-corrected chi connectivity index (χ2v) is 5.75. The van der Waals surface area contributed by atoms with Gasteiger partial charge in [0.15, 0.2) is 5.82 Å². The molecule has 0 amide bonds.